The lowest BCUT2D eigenvalue weighted by atomic mass is 9.75. The minimum Gasteiger partial charge on any atom is -0.393 e. The molecule has 2 aromatic heterocycles. The fraction of sp³-hybridized carbons (Fsp3) is 0.389. The molecular weight excluding hydrogens is 320 g/mol. The zero-order valence-electron chi connectivity index (χ0n) is 13.9. The molecule has 25 heavy (non-hydrogen) atoms. The fourth-order valence-electron chi connectivity index (χ4n) is 3.42. The summed E-state index contributed by atoms with van der Waals surface area (Å²) in [5.74, 6) is 0.103. The number of amides is 1. The summed E-state index contributed by atoms with van der Waals surface area (Å²) in [6, 6.07) is 7.35. The zero-order valence-corrected chi connectivity index (χ0v) is 13.9. The van der Waals surface area contributed by atoms with Gasteiger partial charge in [-0.15, -0.1) is 0 Å². The topological polar surface area (TPSA) is 93.2 Å². The normalized spacial score (nSPS) is 21.0. The lowest BCUT2D eigenvalue weighted by molar-refractivity contribution is -0.122. The highest BCUT2D eigenvalue weighted by Gasteiger charge is 2.36. The fourth-order valence-corrected chi connectivity index (χ4v) is 3.42. The van der Waals surface area contributed by atoms with Crippen LogP contribution in [0.3, 0.4) is 0 Å². The first-order valence-electron chi connectivity index (χ1n) is 8.39. The molecule has 0 spiro atoms. The van der Waals surface area contributed by atoms with E-state index in [0.717, 1.165) is 10.9 Å². The SMILES string of the molecule is Cn1cc([C@@H](NC(=O)Cc2noc3ccccc23)C2CC(O)C2)cn1. The number of aryl methyl sites for hydroxylation is 1. The van der Waals surface area contributed by atoms with Gasteiger partial charge in [0.1, 0.15) is 5.69 Å². The van der Waals surface area contributed by atoms with E-state index in [1.54, 1.807) is 10.9 Å². The van der Waals surface area contributed by atoms with E-state index in [0.29, 0.717) is 24.1 Å². The average molecular weight is 340 g/mol. The third-order valence-corrected chi connectivity index (χ3v) is 4.80. The highest BCUT2D eigenvalue weighted by molar-refractivity contribution is 5.86. The minimum atomic E-state index is -0.277. The summed E-state index contributed by atoms with van der Waals surface area (Å²) in [4.78, 5) is 12.6. The van der Waals surface area contributed by atoms with Crippen LogP contribution in [0.2, 0.25) is 0 Å². The molecular formula is C18H20N4O3. The Hall–Kier alpha value is -2.67. The molecule has 1 atom stereocenters. The van der Waals surface area contributed by atoms with Crippen molar-refractivity contribution in [2.24, 2.45) is 13.0 Å². The van der Waals surface area contributed by atoms with Crippen molar-refractivity contribution in [1.29, 1.82) is 0 Å². The second-order valence-electron chi connectivity index (χ2n) is 6.68. The second kappa shape index (κ2) is 6.33. The molecule has 7 nitrogen and oxygen atoms in total. The second-order valence-corrected chi connectivity index (χ2v) is 6.68. The predicted molar refractivity (Wildman–Crippen MR) is 90.5 cm³/mol. The van der Waals surface area contributed by atoms with Gasteiger partial charge in [0, 0.05) is 24.2 Å². The van der Waals surface area contributed by atoms with E-state index in [2.05, 4.69) is 15.6 Å². The van der Waals surface area contributed by atoms with Crippen LogP contribution in [0.15, 0.2) is 41.2 Å². The Morgan fingerprint density at radius 3 is 2.96 bits per heavy atom. The number of rotatable bonds is 5. The molecule has 1 saturated carbocycles. The van der Waals surface area contributed by atoms with Gasteiger partial charge in [0.25, 0.3) is 0 Å². The summed E-state index contributed by atoms with van der Waals surface area (Å²) >= 11 is 0. The number of hydrogen-bond acceptors (Lipinski definition) is 5. The molecule has 7 heteroatoms. The molecule has 3 aromatic rings. The van der Waals surface area contributed by atoms with E-state index in [9.17, 15) is 9.90 Å². The van der Waals surface area contributed by atoms with Gasteiger partial charge in [-0.2, -0.15) is 5.10 Å². The molecule has 2 heterocycles. The number of hydrogen-bond donors (Lipinski definition) is 2. The Labute approximate surface area is 144 Å². The van der Waals surface area contributed by atoms with Crippen LogP contribution < -0.4 is 5.32 Å². The van der Waals surface area contributed by atoms with Crippen molar-refractivity contribution < 1.29 is 14.4 Å². The van der Waals surface area contributed by atoms with Crippen molar-refractivity contribution in [1.82, 2.24) is 20.3 Å². The molecule has 4 rings (SSSR count). The minimum absolute atomic E-state index is 0.116. The first-order chi connectivity index (χ1) is 12.1. The Morgan fingerprint density at radius 2 is 2.24 bits per heavy atom. The van der Waals surface area contributed by atoms with Crippen molar-refractivity contribution in [2.75, 3.05) is 0 Å². The Bertz CT molecular complexity index is 895. The van der Waals surface area contributed by atoms with Gasteiger partial charge < -0.3 is 14.9 Å². The molecule has 0 saturated heterocycles. The molecule has 1 fully saturated rings. The summed E-state index contributed by atoms with van der Waals surface area (Å²) in [7, 11) is 1.85. The summed E-state index contributed by atoms with van der Waals surface area (Å²) < 4.78 is 6.98. The maximum atomic E-state index is 12.6. The van der Waals surface area contributed by atoms with E-state index in [1.165, 1.54) is 0 Å². The van der Waals surface area contributed by atoms with Crippen molar-refractivity contribution in [3.63, 3.8) is 0 Å². The van der Waals surface area contributed by atoms with E-state index in [1.807, 2.05) is 37.5 Å². The van der Waals surface area contributed by atoms with Crippen LogP contribution in [0.25, 0.3) is 11.0 Å². The van der Waals surface area contributed by atoms with Crippen molar-refractivity contribution in [2.45, 2.75) is 31.4 Å². The van der Waals surface area contributed by atoms with E-state index < -0.39 is 0 Å². The molecule has 0 unspecified atom stereocenters. The van der Waals surface area contributed by atoms with Gasteiger partial charge in [0.15, 0.2) is 5.58 Å². The van der Waals surface area contributed by atoms with E-state index >= 15 is 0 Å². The molecule has 1 aromatic carbocycles. The van der Waals surface area contributed by atoms with Gasteiger partial charge in [-0.05, 0) is 30.9 Å². The van der Waals surface area contributed by atoms with Gasteiger partial charge in [0.05, 0.1) is 24.8 Å². The first-order valence-corrected chi connectivity index (χ1v) is 8.39. The van der Waals surface area contributed by atoms with Crippen LogP contribution in [-0.2, 0) is 18.3 Å². The smallest absolute Gasteiger partial charge is 0.226 e. The summed E-state index contributed by atoms with van der Waals surface area (Å²) in [6.45, 7) is 0. The Morgan fingerprint density at radius 1 is 1.44 bits per heavy atom. The highest BCUT2D eigenvalue weighted by Crippen LogP contribution is 2.38. The summed E-state index contributed by atoms with van der Waals surface area (Å²) in [5.41, 5.74) is 2.26. The predicted octanol–water partition coefficient (Wildman–Crippen LogP) is 1.73. The maximum absolute atomic E-state index is 12.6. The standard InChI is InChI=1S/C18H20N4O3/c1-22-10-12(9-19-22)18(11-6-13(23)7-11)20-17(24)8-15-14-4-2-3-5-16(14)25-21-15/h2-5,9-11,13,18,23H,6-8H2,1H3,(H,20,24)/t11?,13?,18-/m0/s1. The van der Waals surface area contributed by atoms with Gasteiger partial charge in [-0.25, -0.2) is 0 Å². The number of aromatic nitrogens is 3. The number of benzene rings is 1. The van der Waals surface area contributed by atoms with Crippen LogP contribution in [-0.4, -0.2) is 32.1 Å². The van der Waals surface area contributed by atoms with Crippen LogP contribution in [0.1, 0.15) is 30.1 Å². The lowest BCUT2D eigenvalue weighted by Crippen LogP contribution is -2.41. The monoisotopic (exact) mass is 340 g/mol. The number of para-hydroxylation sites is 1. The Kier molecular flexibility index (Phi) is 4.01. The van der Waals surface area contributed by atoms with Gasteiger partial charge in [0.2, 0.25) is 5.91 Å². The number of aliphatic hydroxyl groups excluding tert-OH is 1. The highest BCUT2D eigenvalue weighted by atomic mass is 16.5. The number of fused-ring (bicyclic) bond motifs is 1. The van der Waals surface area contributed by atoms with Crippen molar-refractivity contribution >= 4 is 16.9 Å². The van der Waals surface area contributed by atoms with E-state index in [4.69, 9.17) is 4.52 Å². The van der Waals surface area contributed by atoms with Crippen molar-refractivity contribution in [3.05, 3.63) is 47.9 Å². The van der Waals surface area contributed by atoms with Crippen molar-refractivity contribution in [3.8, 4) is 0 Å². The lowest BCUT2D eigenvalue weighted by Gasteiger charge is -2.37. The number of carbonyl (C=O) groups is 1. The molecule has 130 valence electrons. The number of carbonyl (C=O) groups excluding carboxylic acids is 1. The maximum Gasteiger partial charge on any atom is 0.226 e. The molecule has 1 amide bonds. The third kappa shape index (κ3) is 3.15. The van der Waals surface area contributed by atoms with Gasteiger partial charge in [-0.1, -0.05) is 17.3 Å². The summed E-state index contributed by atoms with van der Waals surface area (Å²) in [6.07, 6.45) is 4.92. The van der Waals surface area contributed by atoms with Crippen LogP contribution in [0, 0.1) is 5.92 Å². The number of aliphatic hydroxyl groups is 1. The molecule has 0 radical (unpaired) electrons. The molecule has 0 bridgehead atoms. The van der Waals surface area contributed by atoms with Gasteiger partial charge in [-0.3, -0.25) is 9.48 Å². The molecule has 1 aliphatic carbocycles. The Balaban J connectivity index is 1.50. The molecule has 0 aliphatic heterocycles. The van der Waals surface area contributed by atoms with Gasteiger partial charge >= 0.3 is 0 Å². The largest absolute Gasteiger partial charge is 0.393 e. The quantitative estimate of drug-likeness (QED) is 0.738. The molecule has 2 N–H and O–H groups in total. The average Bonchev–Trinajstić information content (AvgIpc) is 3.17. The van der Waals surface area contributed by atoms with E-state index in [-0.39, 0.29) is 30.4 Å². The van der Waals surface area contributed by atoms with Crippen LogP contribution >= 0.6 is 0 Å². The number of nitrogens with zero attached hydrogens (tertiary/aromatic N) is 3. The molecule has 1 aliphatic rings. The first kappa shape index (κ1) is 15.8. The van der Waals surface area contributed by atoms with Crippen LogP contribution in [0.5, 0.6) is 0 Å². The summed E-state index contributed by atoms with van der Waals surface area (Å²) in [5, 5.41) is 21.8. The zero-order chi connectivity index (χ0) is 17.4. The van der Waals surface area contributed by atoms with Crippen LogP contribution in [0.4, 0.5) is 0 Å². The number of nitrogens with one attached hydrogen (secondary N) is 1. The third-order valence-electron chi connectivity index (χ3n) is 4.80.